The van der Waals surface area contributed by atoms with Crippen molar-refractivity contribution < 1.29 is 29.2 Å². The van der Waals surface area contributed by atoms with E-state index in [0.29, 0.717) is 34.6 Å². The summed E-state index contributed by atoms with van der Waals surface area (Å²) in [6.07, 6.45) is 5.68. The highest BCUT2D eigenvalue weighted by atomic mass is 16.5. The van der Waals surface area contributed by atoms with Crippen molar-refractivity contribution in [3.8, 4) is 23.0 Å². The number of hydrogen-bond acceptors (Lipinski definition) is 7. The molecule has 0 saturated heterocycles. The van der Waals surface area contributed by atoms with Crippen LogP contribution in [0.1, 0.15) is 33.5 Å². The highest BCUT2D eigenvalue weighted by Gasteiger charge is 2.25. The molecule has 0 atom stereocenters. The van der Waals surface area contributed by atoms with Crippen molar-refractivity contribution >= 4 is 17.4 Å². The zero-order chi connectivity index (χ0) is 23.3. The number of allylic oxidation sites excluding steroid dienone is 1. The van der Waals surface area contributed by atoms with Crippen LogP contribution in [0.5, 0.6) is 23.0 Å². The zero-order valence-electron chi connectivity index (χ0n) is 18.8. The Hall–Kier alpha value is -3.29. The minimum Gasteiger partial charge on any atom is -0.506 e. The third kappa shape index (κ3) is 4.64. The van der Waals surface area contributed by atoms with E-state index in [1.165, 1.54) is 20.3 Å². The van der Waals surface area contributed by atoms with E-state index in [1.54, 1.807) is 37.5 Å². The van der Waals surface area contributed by atoms with Gasteiger partial charge in [0.2, 0.25) is 0 Å². The Morgan fingerprint density at radius 1 is 1.16 bits per heavy atom. The number of likely N-dealkylation sites (N-methyl/N-ethyl adjacent to an activating group) is 1. The Labute approximate surface area is 188 Å². The van der Waals surface area contributed by atoms with Crippen molar-refractivity contribution in [3.63, 3.8) is 0 Å². The molecule has 0 unspecified atom stereocenters. The first-order chi connectivity index (χ1) is 15.4. The van der Waals surface area contributed by atoms with Gasteiger partial charge in [-0.15, -0.1) is 0 Å². The van der Waals surface area contributed by atoms with Crippen molar-refractivity contribution in [2.24, 2.45) is 0 Å². The summed E-state index contributed by atoms with van der Waals surface area (Å²) < 4.78 is 16.1. The molecule has 3 rings (SSSR count). The topological polar surface area (TPSA) is 88.5 Å². The van der Waals surface area contributed by atoms with E-state index < -0.39 is 5.78 Å². The number of carbonyl (C=O) groups excluding carboxylic acids is 1. The lowest BCUT2D eigenvalue weighted by Crippen LogP contribution is -2.24. The minimum atomic E-state index is -0.427. The van der Waals surface area contributed by atoms with Crippen LogP contribution >= 0.6 is 0 Å². The van der Waals surface area contributed by atoms with Crippen molar-refractivity contribution in [1.29, 1.82) is 0 Å². The quantitative estimate of drug-likeness (QED) is 0.481. The van der Waals surface area contributed by atoms with Gasteiger partial charge in [-0.1, -0.05) is 18.2 Å². The number of methoxy groups -OCH3 is 3. The number of para-hydroxylation sites is 1. The molecule has 1 aliphatic rings. The van der Waals surface area contributed by atoms with Crippen LogP contribution in [0, 0.1) is 0 Å². The van der Waals surface area contributed by atoms with Crippen LogP contribution in [0.15, 0.2) is 36.4 Å². The number of benzene rings is 2. The third-order valence-electron chi connectivity index (χ3n) is 5.56. The van der Waals surface area contributed by atoms with Crippen molar-refractivity contribution in [2.75, 3.05) is 41.5 Å². The van der Waals surface area contributed by atoms with Gasteiger partial charge in [0, 0.05) is 24.2 Å². The molecule has 0 bridgehead atoms. The van der Waals surface area contributed by atoms with Crippen LogP contribution in [0.25, 0.3) is 11.6 Å². The minimum absolute atomic E-state index is 0.0534. The molecule has 32 heavy (non-hydrogen) atoms. The normalized spacial score (nSPS) is 14.3. The highest BCUT2D eigenvalue weighted by molar-refractivity contribution is 6.11. The Balaban J connectivity index is 2.06. The number of nitrogens with zero attached hydrogens (tertiary/aromatic N) is 1. The number of phenolic OH excluding ortho intramolecular Hbond substituents is 1. The van der Waals surface area contributed by atoms with Gasteiger partial charge >= 0.3 is 0 Å². The maximum Gasteiger partial charge on any atom is 0.193 e. The fraction of sp³-hybridized carbons (Fsp3) is 0.320. The van der Waals surface area contributed by atoms with Gasteiger partial charge in [0.05, 0.1) is 27.9 Å². The molecule has 2 N–H and O–H groups in total. The van der Waals surface area contributed by atoms with Gasteiger partial charge in [-0.05, 0) is 48.9 Å². The smallest absolute Gasteiger partial charge is 0.193 e. The number of ketones is 1. The summed E-state index contributed by atoms with van der Waals surface area (Å²) in [7, 11) is 6.51. The van der Waals surface area contributed by atoms with Crippen LogP contribution in [-0.4, -0.2) is 62.4 Å². The van der Waals surface area contributed by atoms with Crippen molar-refractivity contribution in [1.82, 2.24) is 4.90 Å². The summed E-state index contributed by atoms with van der Waals surface area (Å²) in [5, 5.41) is 21.0. The Bertz CT molecular complexity index is 1060. The first kappa shape index (κ1) is 23.4. The molecule has 1 heterocycles. The van der Waals surface area contributed by atoms with Crippen LogP contribution in [0.2, 0.25) is 0 Å². The molecule has 0 aliphatic carbocycles. The number of aliphatic hydroxyl groups excluding tert-OH is 1. The molecule has 7 heteroatoms. The molecule has 0 spiro atoms. The molecule has 7 nitrogen and oxygen atoms in total. The van der Waals surface area contributed by atoms with Gasteiger partial charge in [0.25, 0.3) is 0 Å². The van der Waals surface area contributed by atoms with Crippen LogP contribution in [-0.2, 0) is 6.61 Å². The summed E-state index contributed by atoms with van der Waals surface area (Å²) in [5.74, 6) is 0.644. The van der Waals surface area contributed by atoms with Gasteiger partial charge in [-0.3, -0.25) is 4.79 Å². The van der Waals surface area contributed by atoms with Gasteiger partial charge in [0.1, 0.15) is 17.1 Å². The second kappa shape index (κ2) is 10.3. The average Bonchev–Trinajstić information content (AvgIpc) is 2.82. The van der Waals surface area contributed by atoms with Crippen LogP contribution in [0.3, 0.4) is 0 Å². The summed E-state index contributed by atoms with van der Waals surface area (Å²) in [5.41, 5.74) is 2.63. The Morgan fingerprint density at radius 3 is 2.50 bits per heavy atom. The maximum absolute atomic E-state index is 13.2. The molecule has 2 aromatic rings. The van der Waals surface area contributed by atoms with Crippen LogP contribution in [0.4, 0.5) is 0 Å². The van der Waals surface area contributed by atoms with E-state index in [1.807, 2.05) is 13.1 Å². The summed E-state index contributed by atoms with van der Waals surface area (Å²) >= 11 is 0. The zero-order valence-corrected chi connectivity index (χ0v) is 18.8. The second-order valence-electron chi connectivity index (χ2n) is 7.52. The van der Waals surface area contributed by atoms with E-state index in [2.05, 4.69) is 4.90 Å². The summed E-state index contributed by atoms with van der Waals surface area (Å²) in [4.78, 5) is 15.3. The Kier molecular flexibility index (Phi) is 7.56. The molecular weight excluding hydrogens is 410 g/mol. The largest absolute Gasteiger partial charge is 0.506 e. The van der Waals surface area contributed by atoms with Gasteiger partial charge < -0.3 is 29.3 Å². The van der Waals surface area contributed by atoms with Gasteiger partial charge in [0.15, 0.2) is 17.3 Å². The second-order valence-corrected chi connectivity index (χ2v) is 7.52. The van der Waals surface area contributed by atoms with E-state index >= 15 is 0 Å². The maximum atomic E-state index is 13.2. The van der Waals surface area contributed by atoms with Crippen molar-refractivity contribution in [3.05, 3.63) is 58.7 Å². The number of rotatable bonds is 8. The fourth-order valence-electron chi connectivity index (χ4n) is 3.87. The number of aromatic hydroxyl groups is 1. The molecule has 0 fully saturated rings. The fourth-order valence-corrected chi connectivity index (χ4v) is 3.87. The van der Waals surface area contributed by atoms with E-state index in [4.69, 9.17) is 14.2 Å². The first-order valence-corrected chi connectivity index (χ1v) is 10.3. The van der Waals surface area contributed by atoms with E-state index in [0.717, 1.165) is 18.7 Å². The Morgan fingerprint density at radius 2 is 1.91 bits per heavy atom. The molecule has 170 valence electrons. The SMILES string of the molecule is COc1cccc(/C=C/C(=O)c2c(OC)cc(CO)c(C3=CCN(C)CC3)c2O)c1OC. The number of phenols is 1. The highest BCUT2D eigenvalue weighted by Crippen LogP contribution is 2.41. The van der Waals surface area contributed by atoms with E-state index in [-0.39, 0.29) is 23.7 Å². The average molecular weight is 440 g/mol. The number of carbonyl (C=O) groups is 1. The van der Waals surface area contributed by atoms with Crippen LogP contribution < -0.4 is 14.2 Å². The molecule has 0 radical (unpaired) electrons. The van der Waals surface area contributed by atoms with E-state index in [9.17, 15) is 15.0 Å². The molecular formula is C25H29NO6. The number of ether oxygens (including phenoxy) is 3. The van der Waals surface area contributed by atoms with Gasteiger partial charge in [-0.2, -0.15) is 0 Å². The lowest BCUT2D eigenvalue weighted by atomic mass is 9.90. The standard InChI is InChI=1S/C25H29NO6/c1-26-12-10-16(11-13-26)22-18(15-27)14-21(31-3)23(24(22)29)19(28)9-8-17-6-5-7-20(30-2)25(17)32-4/h5-10,14,27,29H,11-13,15H2,1-4H3/b9-8+. The summed E-state index contributed by atoms with van der Waals surface area (Å²) in [6, 6.07) is 6.97. The lowest BCUT2D eigenvalue weighted by molar-refractivity contribution is 0.104. The lowest BCUT2D eigenvalue weighted by Gasteiger charge is -2.25. The van der Waals surface area contributed by atoms with Gasteiger partial charge in [-0.25, -0.2) is 0 Å². The predicted molar refractivity (Wildman–Crippen MR) is 124 cm³/mol. The predicted octanol–water partition coefficient (Wildman–Crippen LogP) is 3.53. The first-order valence-electron chi connectivity index (χ1n) is 10.3. The number of hydrogen-bond donors (Lipinski definition) is 2. The molecule has 1 aliphatic heterocycles. The molecule has 0 amide bonds. The molecule has 0 aromatic heterocycles. The molecule has 0 saturated carbocycles. The molecule has 2 aromatic carbocycles. The summed E-state index contributed by atoms with van der Waals surface area (Å²) in [6.45, 7) is 1.27. The third-order valence-corrected chi connectivity index (χ3v) is 5.56. The number of aliphatic hydroxyl groups is 1. The monoisotopic (exact) mass is 439 g/mol. The van der Waals surface area contributed by atoms with Crippen molar-refractivity contribution in [2.45, 2.75) is 13.0 Å².